The first-order valence-electron chi connectivity index (χ1n) is 8.34. The minimum atomic E-state index is 0.273. The van der Waals surface area contributed by atoms with Gasteiger partial charge in [0.05, 0.1) is 6.10 Å². The SMILES string of the molecule is CCC(CC)Oc1cc(C)nc(Sc2ccc(C)cc2C)c1C. The number of aryl methyl sites for hydroxylation is 3. The molecule has 2 aromatic rings. The maximum Gasteiger partial charge on any atom is 0.127 e. The van der Waals surface area contributed by atoms with E-state index in [0.29, 0.717) is 0 Å². The van der Waals surface area contributed by atoms with E-state index < -0.39 is 0 Å². The number of nitrogens with zero attached hydrogens (tertiary/aromatic N) is 1. The Hall–Kier alpha value is -1.48. The van der Waals surface area contributed by atoms with Crippen molar-refractivity contribution in [1.29, 1.82) is 0 Å². The zero-order valence-corrected chi connectivity index (χ0v) is 15.9. The first-order valence-corrected chi connectivity index (χ1v) is 9.16. The summed E-state index contributed by atoms with van der Waals surface area (Å²) in [5.41, 5.74) is 4.72. The number of benzene rings is 1. The summed E-state index contributed by atoms with van der Waals surface area (Å²) in [5.74, 6) is 0.971. The monoisotopic (exact) mass is 329 g/mol. The maximum atomic E-state index is 6.20. The smallest absolute Gasteiger partial charge is 0.127 e. The van der Waals surface area contributed by atoms with Gasteiger partial charge in [0.1, 0.15) is 10.8 Å². The Labute approximate surface area is 144 Å². The highest BCUT2D eigenvalue weighted by molar-refractivity contribution is 7.99. The van der Waals surface area contributed by atoms with Gasteiger partial charge in [-0.25, -0.2) is 4.98 Å². The molecule has 2 rings (SSSR count). The van der Waals surface area contributed by atoms with Crippen molar-refractivity contribution in [2.45, 2.75) is 70.4 Å². The van der Waals surface area contributed by atoms with E-state index in [1.165, 1.54) is 16.0 Å². The zero-order chi connectivity index (χ0) is 17.0. The lowest BCUT2D eigenvalue weighted by Crippen LogP contribution is -2.14. The van der Waals surface area contributed by atoms with Crippen LogP contribution >= 0.6 is 11.8 Å². The molecule has 1 heterocycles. The van der Waals surface area contributed by atoms with E-state index in [0.717, 1.165) is 34.9 Å². The molecule has 124 valence electrons. The molecule has 0 aliphatic rings. The number of pyridine rings is 1. The fourth-order valence-corrected chi connectivity index (χ4v) is 3.56. The number of aromatic nitrogens is 1. The summed E-state index contributed by atoms with van der Waals surface area (Å²) < 4.78 is 6.20. The zero-order valence-electron chi connectivity index (χ0n) is 15.1. The molecule has 0 amide bonds. The van der Waals surface area contributed by atoms with Gasteiger partial charge < -0.3 is 4.74 Å². The molecule has 0 radical (unpaired) electrons. The Morgan fingerprint density at radius 3 is 2.35 bits per heavy atom. The Morgan fingerprint density at radius 1 is 1.04 bits per heavy atom. The van der Waals surface area contributed by atoms with Crippen molar-refractivity contribution in [2.24, 2.45) is 0 Å². The summed E-state index contributed by atoms with van der Waals surface area (Å²) in [6.07, 6.45) is 2.32. The van der Waals surface area contributed by atoms with Gasteiger partial charge in [-0.3, -0.25) is 0 Å². The van der Waals surface area contributed by atoms with Crippen molar-refractivity contribution in [2.75, 3.05) is 0 Å². The van der Waals surface area contributed by atoms with Gasteiger partial charge in [-0.1, -0.05) is 43.3 Å². The lowest BCUT2D eigenvalue weighted by Gasteiger charge is -2.19. The van der Waals surface area contributed by atoms with Crippen LogP contribution in [0.15, 0.2) is 34.2 Å². The van der Waals surface area contributed by atoms with Crippen molar-refractivity contribution in [3.63, 3.8) is 0 Å². The van der Waals surface area contributed by atoms with E-state index in [4.69, 9.17) is 9.72 Å². The highest BCUT2D eigenvalue weighted by Gasteiger charge is 2.14. The van der Waals surface area contributed by atoms with Gasteiger partial charge in [-0.15, -0.1) is 0 Å². The van der Waals surface area contributed by atoms with Gasteiger partial charge in [0.25, 0.3) is 0 Å². The second kappa shape index (κ2) is 7.87. The van der Waals surface area contributed by atoms with Gasteiger partial charge in [-0.2, -0.15) is 0 Å². The first-order chi connectivity index (χ1) is 10.9. The molecule has 0 bridgehead atoms. The van der Waals surface area contributed by atoms with E-state index >= 15 is 0 Å². The average molecular weight is 330 g/mol. The van der Waals surface area contributed by atoms with E-state index in [-0.39, 0.29) is 6.10 Å². The lowest BCUT2D eigenvalue weighted by molar-refractivity contribution is 0.190. The molecule has 0 spiro atoms. The lowest BCUT2D eigenvalue weighted by atomic mass is 10.2. The van der Waals surface area contributed by atoms with Crippen molar-refractivity contribution in [3.8, 4) is 5.75 Å². The van der Waals surface area contributed by atoms with Crippen molar-refractivity contribution < 1.29 is 4.74 Å². The first kappa shape index (κ1) is 17.9. The molecule has 1 aromatic heterocycles. The Bertz CT molecular complexity index is 678. The standard InChI is InChI=1S/C20H27NOS/c1-7-17(8-2)22-18-12-15(5)21-20(16(18)6)23-19-10-9-13(3)11-14(19)4/h9-12,17H,7-8H2,1-6H3. The van der Waals surface area contributed by atoms with Gasteiger partial charge in [0.2, 0.25) is 0 Å². The molecule has 0 aliphatic heterocycles. The molecule has 0 atom stereocenters. The second-order valence-corrected chi connectivity index (χ2v) is 7.15. The molecule has 3 heteroatoms. The van der Waals surface area contributed by atoms with Crippen molar-refractivity contribution in [3.05, 3.63) is 46.6 Å². The van der Waals surface area contributed by atoms with Crippen LogP contribution in [-0.4, -0.2) is 11.1 Å². The summed E-state index contributed by atoms with van der Waals surface area (Å²) >= 11 is 1.73. The van der Waals surface area contributed by atoms with Crippen LogP contribution in [0.3, 0.4) is 0 Å². The number of hydrogen-bond donors (Lipinski definition) is 0. The van der Waals surface area contributed by atoms with Crippen LogP contribution in [0.2, 0.25) is 0 Å². The molecule has 0 N–H and O–H groups in total. The predicted molar refractivity (Wildman–Crippen MR) is 98.7 cm³/mol. The fourth-order valence-electron chi connectivity index (χ4n) is 2.55. The van der Waals surface area contributed by atoms with E-state index in [2.05, 4.69) is 58.9 Å². The van der Waals surface area contributed by atoms with E-state index in [1.807, 2.05) is 6.92 Å². The minimum absolute atomic E-state index is 0.273. The third-order valence-corrected chi connectivity index (χ3v) is 5.32. The van der Waals surface area contributed by atoms with Crippen molar-refractivity contribution >= 4 is 11.8 Å². The van der Waals surface area contributed by atoms with E-state index in [1.54, 1.807) is 11.8 Å². The summed E-state index contributed by atoms with van der Waals surface area (Å²) in [6, 6.07) is 8.61. The Balaban J connectivity index is 2.33. The summed E-state index contributed by atoms with van der Waals surface area (Å²) in [6.45, 7) is 12.8. The van der Waals surface area contributed by atoms with Crippen LogP contribution in [0.25, 0.3) is 0 Å². The van der Waals surface area contributed by atoms with Gasteiger partial charge in [0.15, 0.2) is 0 Å². The van der Waals surface area contributed by atoms with Gasteiger partial charge in [0, 0.05) is 22.2 Å². The van der Waals surface area contributed by atoms with E-state index in [9.17, 15) is 0 Å². The highest BCUT2D eigenvalue weighted by atomic mass is 32.2. The van der Waals surface area contributed by atoms with Crippen LogP contribution in [0.5, 0.6) is 5.75 Å². The third kappa shape index (κ3) is 4.51. The van der Waals surface area contributed by atoms with Crippen LogP contribution in [0.4, 0.5) is 0 Å². The normalized spacial score (nSPS) is 11.1. The molecular formula is C20H27NOS. The molecule has 0 unspecified atom stereocenters. The summed E-state index contributed by atoms with van der Waals surface area (Å²) in [5, 5.41) is 1.04. The molecule has 0 fully saturated rings. The molecule has 0 saturated heterocycles. The third-order valence-electron chi connectivity index (χ3n) is 4.05. The quantitative estimate of drug-likeness (QED) is 0.645. The van der Waals surface area contributed by atoms with Crippen LogP contribution < -0.4 is 4.74 Å². The molecule has 2 nitrogen and oxygen atoms in total. The fraction of sp³-hybridized carbons (Fsp3) is 0.450. The maximum absolute atomic E-state index is 6.20. The summed E-state index contributed by atoms with van der Waals surface area (Å²) in [7, 11) is 0. The average Bonchev–Trinajstić information content (AvgIpc) is 2.51. The molecule has 1 aromatic carbocycles. The van der Waals surface area contributed by atoms with Gasteiger partial charge >= 0.3 is 0 Å². The van der Waals surface area contributed by atoms with Crippen LogP contribution in [0.1, 0.15) is 49.1 Å². The number of ether oxygens (including phenoxy) is 1. The highest BCUT2D eigenvalue weighted by Crippen LogP contribution is 2.35. The minimum Gasteiger partial charge on any atom is -0.490 e. The Kier molecular flexibility index (Phi) is 6.11. The topological polar surface area (TPSA) is 22.1 Å². The molecular weight excluding hydrogens is 302 g/mol. The number of hydrogen-bond acceptors (Lipinski definition) is 3. The molecule has 0 saturated carbocycles. The Morgan fingerprint density at radius 2 is 1.74 bits per heavy atom. The molecule has 23 heavy (non-hydrogen) atoms. The van der Waals surface area contributed by atoms with Crippen LogP contribution in [0, 0.1) is 27.7 Å². The second-order valence-electron chi connectivity index (χ2n) is 6.12. The largest absolute Gasteiger partial charge is 0.490 e. The predicted octanol–water partition coefficient (Wildman–Crippen LogP) is 6.03. The van der Waals surface area contributed by atoms with Gasteiger partial charge in [-0.05, 0) is 52.2 Å². The molecule has 0 aliphatic carbocycles. The summed E-state index contributed by atoms with van der Waals surface area (Å²) in [4.78, 5) is 5.99. The number of rotatable bonds is 6. The van der Waals surface area contributed by atoms with Crippen LogP contribution in [-0.2, 0) is 0 Å². The van der Waals surface area contributed by atoms with Crippen molar-refractivity contribution in [1.82, 2.24) is 4.98 Å².